The van der Waals surface area contributed by atoms with E-state index in [-0.39, 0.29) is 57.5 Å². The maximum absolute atomic E-state index is 2.97. The minimum absolute atomic E-state index is 0. The molecule has 0 aliphatic carbocycles. The van der Waals surface area contributed by atoms with Crippen LogP contribution in [0.25, 0.3) is 6.15 Å². The van der Waals surface area contributed by atoms with Crippen LogP contribution in [0, 0.1) is 6.07 Å². The van der Waals surface area contributed by atoms with Crippen LogP contribution in [0.2, 0.25) is 6.32 Å². The first kappa shape index (κ1) is 14.4. The van der Waals surface area contributed by atoms with Crippen LogP contribution in [0.4, 0.5) is 0 Å². The van der Waals surface area contributed by atoms with Gasteiger partial charge in [0.05, 0.1) is 0 Å². The van der Waals surface area contributed by atoms with E-state index < -0.39 is 0 Å². The molecule has 0 saturated heterocycles. The first-order chi connectivity index (χ1) is 4.43. The summed E-state index contributed by atoms with van der Waals surface area (Å²) in [6.07, 6.45) is 1.10. The topological polar surface area (TPSA) is 33.5 Å². The van der Waals surface area contributed by atoms with Crippen molar-refractivity contribution in [3.63, 3.8) is 0 Å². The molecule has 0 spiro atoms. The van der Waals surface area contributed by atoms with Crippen LogP contribution in [0.1, 0.15) is 6.92 Å². The van der Waals surface area contributed by atoms with Crippen molar-refractivity contribution in [2.24, 2.45) is 0 Å². The summed E-state index contributed by atoms with van der Waals surface area (Å²) in [6, 6.07) is 11.0. The van der Waals surface area contributed by atoms with Gasteiger partial charge in [0.15, 0.2) is 0 Å². The molecular formula is C8H11BKN-. The van der Waals surface area contributed by atoms with Gasteiger partial charge in [0.2, 0.25) is 0 Å². The minimum Gasteiger partial charge on any atom is -0.693 e. The Morgan fingerprint density at radius 3 is 2.36 bits per heavy atom. The number of hydrogen-bond donors (Lipinski definition) is 0. The molecular weight excluding hydrogens is 160 g/mol. The fraction of sp³-hybridized carbons (Fsp3) is 0.250. The predicted molar refractivity (Wildman–Crippen MR) is 46.4 cm³/mol. The van der Waals surface area contributed by atoms with Crippen molar-refractivity contribution < 1.29 is 51.4 Å². The summed E-state index contributed by atoms with van der Waals surface area (Å²) in [5.74, 6) is 0. The van der Waals surface area contributed by atoms with Gasteiger partial charge in [0, 0.05) is 0 Å². The van der Waals surface area contributed by atoms with Crippen molar-refractivity contribution in [2.75, 3.05) is 0 Å². The third-order valence-electron chi connectivity index (χ3n) is 1.18. The molecule has 1 aromatic carbocycles. The van der Waals surface area contributed by atoms with Crippen molar-refractivity contribution in [1.82, 2.24) is 0 Å². The molecule has 1 radical (unpaired) electrons. The molecule has 0 unspecified atom stereocenters. The summed E-state index contributed by atoms with van der Waals surface area (Å²) in [5.41, 5.74) is 1.29. The maximum atomic E-state index is 2.97. The molecule has 1 aromatic rings. The van der Waals surface area contributed by atoms with Gasteiger partial charge in [-0.15, -0.1) is 0 Å². The molecule has 0 fully saturated rings. The van der Waals surface area contributed by atoms with E-state index in [1.807, 2.05) is 12.1 Å². The standard InChI is InChI=1S/C8H9B.K.H2N/c1-2-9-8-6-4-3-5-7-8;;/h4-7H,2H2,1H3;;1H2/q-1;+1;-1. The second kappa shape index (κ2) is 8.97. The van der Waals surface area contributed by atoms with Crippen LogP contribution >= 0.6 is 0 Å². The Hall–Kier alpha value is 0.881. The van der Waals surface area contributed by atoms with Crippen LogP contribution in [-0.4, -0.2) is 7.28 Å². The largest absolute Gasteiger partial charge is 1.00 e. The van der Waals surface area contributed by atoms with Gasteiger partial charge >= 0.3 is 51.4 Å². The maximum Gasteiger partial charge on any atom is 1.00 e. The molecule has 0 saturated carbocycles. The molecule has 0 aliphatic heterocycles. The third-order valence-corrected chi connectivity index (χ3v) is 1.18. The van der Waals surface area contributed by atoms with Crippen LogP contribution in [0.15, 0.2) is 24.3 Å². The second-order valence-electron chi connectivity index (χ2n) is 1.95. The van der Waals surface area contributed by atoms with Crippen molar-refractivity contribution >= 4 is 12.7 Å². The van der Waals surface area contributed by atoms with Gasteiger partial charge in [0.25, 0.3) is 0 Å². The van der Waals surface area contributed by atoms with E-state index in [4.69, 9.17) is 0 Å². The SMILES string of the molecule is CC[B]c1cc[c-]cc1.[K+].[NH2-]. The van der Waals surface area contributed by atoms with E-state index in [0.29, 0.717) is 0 Å². The number of nitrogens with two attached hydrogens (primary N) is 1. The zero-order valence-corrected chi connectivity index (χ0v) is 10.3. The Balaban J connectivity index is 0. The van der Waals surface area contributed by atoms with E-state index in [0.717, 1.165) is 6.32 Å². The molecule has 1 rings (SSSR count). The van der Waals surface area contributed by atoms with Gasteiger partial charge in [-0.25, -0.2) is 0 Å². The summed E-state index contributed by atoms with van der Waals surface area (Å²) < 4.78 is 0. The van der Waals surface area contributed by atoms with E-state index in [1.165, 1.54) is 5.46 Å². The van der Waals surface area contributed by atoms with Crippen LogP contribution in [0.5, 0.6) is 0 Å². The average Bonchev–Trinajstić information content (AvgIpc) is 1.91. The number of hydrogen-bond acceptors (Lipinski definition) is 0. The van der Waals surface area contributed by atoms with Crippen molar-refractivity contribution in [2.45, 2.75) is 13.2 Å². The van der Waals surface area contributed by atoms with Gasteiger partial charge in [-0.2, -0.15) is 35.8 Å². The first-order valence-electron chi connectivity index (χ1n) is 3.23. The molecule has 0 aliphatic rings. The third kappa shape index (κ3) is 6.08. The zero-order valence-electron chi connectivity index (χ0n) is 7.17. The monoisotopic (exact) mass is 171 g/mol. The molecule has 2 N–H and O–H groups in total. The van der Waals surface area contributed by atoms with Crippen molar-refractivity contribution in [3.05, 3.63) is 36.5 Å². The van der Waals surface area contributed by atoms with Gasteiger partial charge in [-0.05, 0) is 0 Å². The zero-order chi connectivity index (χ0) is 6.53. The Morgan fingerprint density at radius 1 is 1.36 bits per heavy atom. The molecule has 0 bridgehead atoms. The summed E-state index contributed by atoms with van der Waals surface area (Å²) in [7, 11) is 2.19. The van der Waals surface area contributed by atoms with Crippen molar-refractivity contribution in [1.29, 1.82) is 0 Å². The molecule has 1 nitrogen and oxygen atoms in total. The molecule has 0 atom stereocenters. The van der Waals surface area contributed by atoms with Crippen molar-refractivity contribution in [3.8, 4) is 0 Å². The Morgan fingerprint density at radius 2 is 1.91 bits per heavy atom. The average molecular weight is 171 g/mol. The van der Waals surface area contributed by atoms with E-state index in [1.54, 1.807) is 0 Å². The van der Waals surface area contributed by atoms with Gasteiger partial charge in [-0.3, -0.25) is 0 Å². The fourth-order valence-corrected chi connectivity index (χ4v) is 0.772. The molecule has 0 amide bonds. The second-order valence-corrected chi connectivity index (χ2v) is 1.95. The van der Waals surface area contributed by atoms with Crippen LogP contribution in [0.3, 0.4) is 0 Å². The normalized spacial score (nSPS) is 7.36. The summed E-state index contributed by atoms with van der Waals surface area (Å²) in [6.45, 7) is 2.14. The number of benzene rings is 1. The molecule has 11 heavy (non-hydrogen) atoms. The summed E-state index contributed by atoms with van der Waals surface area (Å²) >= 11 is 0. The summed E-state index contributed by atoms with van der Waals surface area (Å²) in [5, 5.41) is 0. The molecule has 0 aromatic heterocycles. The fourth-order valence-electron chi connectivity index (χ4n) is 0.772. The molecule has 53 valence electrons. The Labute approximate surface area is 112 Å². The summed E-state index contributed by atoms with van der Waals surface area (Å²) in [4.78, 5) is 0. The molecule has 3 heteroatoms. The van der Waals surface area contributed by atoms with Gasteiger partial charge < -0.3 is 6.15 Å². The predicted octanol–water partition coefficient (Wildman–Crippen LogP) is -1.02. The quantitative estimate of drug-likeness (QED) is 0.403. The van der Waals surface area contributed by atoms with E-state index in [9.17, 15) is 0 Å². The van der Waals surface area contributed by atoms with E-state index in [2.05, 4.69) is 32.4 Å². The minimum atomic E-state index is 0. The smallest absolute Gasteiger partial charge is 0.693 e. The Bertz CT molecular complexity index is 167. The van der Waals surface area contributed by atoms with Crippen LogP contribution < -0.4 is 56.8 Å². The van der Waals surface area contributed by atoms with Gasteiger partial charge in [-0.1, -0.05) is 13.2 Å². The Kier molecular flexibility index (Phi) is 11.8. The number of rotatable bonds is 2. The first-order valence-corrected chi connectivity index (χ1v) is 3.23. The van der Waals surface area contributed by atoms with E-state index >= 15 is 0 Å². The molecule has 0 heterocycles. The van der Waals surface area contributed by atoms with Gasteiger partial charge in [0.1, 0.15) is 7.28 Å². The van der Waals surface area contributed by atoms with Crippen LogP contribution in [-0.2, 0) is 0 Å².